The van der Waals surface area contributed by atoms with Gasteiger partial charge in [0.15, 0.2) is 17.5 Å². The van der Waals surface area contributed by atoms with Crippen molar-refractivity contribution >= 4 is 29.3 Å². The minimum absolute atomic E-state index is 0.211. The molecule has 0 saturated heterocycles. The third-order valence-corrected chi connectivity index (χ3v) is 5.81. The third kappa shape index (κ3) is 5.29. The van der Waals surface area contributed by atoms with E-state index in [2.05, 4.69) is 26.2 Å². The van der Waals surface area contributed by atoms with E-state index < -0.39 is 46.7 Å². The molecule has 1 fully saturated rings. The number of thioether (sulfide) groups is 1. The van der Waals surface area contributed by atoms with E-state index in [4.69, 9.17) is 0 Å². The minimum atomic E-state index is -1.68. The highest BCUT2D eigenvalue weighted by molar-refractivity contribution is 8.00. The van der Waals surface area contributed by atoms with E-state index >= 15 is 0 Å². The van der Waals surface area contributed by atoms with Crippen molar-refractivity contribution in [1.82, 2.24) is 25.5 Å². The molecule has 1 aliphatic rings. The van der Waals surface area contributed by atoms with Crippen molar-refractivity contribution in [3.8, 4) is 0 Å². The summed E-state index contributed by atoms with van der Waals surface area (Å²) < 4.78 is 41.5. The first-order valence-corrected chi connectivity index (χ1v) is 10.4. The number of nitrogens with zero attached hydrogens (tertiary/aromatic N) is 4. The molecule has 0 bridgehead atoms. The van der Waals surface area contributed by atoms with Crippen LogP contribution < -0.4 is 10.6 Å². The Labute approximate surface area is 175 Å². The van der Waals surface area contributed by atoms with Gasteiger partial charge in [0.05, 0.1) is 23.5 Å². The highest BCUT2D eigenvalue weighted by Gasteiger charge is 2.24. The van der Waals surface area contributed by atoms with Gasteiger partial charge in [-0.2, -0.15) is 0 Å². The lowest BCUT2D eigenvalue weighted by Gasteiger charge is -2.22. The number of benzene rings is 1. The normalized spacial score (nSPS) is 15.6. The summed E-state index contributed by atoms with van der Waals surface area (Å²) in [7, 11) is 0. The molecule has 1 aromatic carbocycles. The van der Waals surface area contributed by atoms with Crippen LogP contribution in [0.2, 0.25) is 0 Å². The molecular weight excluding hydrogens is 421 g/mol. The SMILES string of the molecule is CC(Sc1nnnn1C1CCCCC1)C(=O)NCC(=O)Nc1ccc(F)c(F)c1F. The molecule has 2 N–H and O–H groups in total. The number of nitrogens with one attached hydrogen (secondary N) is 2. The van der Waals surface area contributed by atoms with Crippen molar-refractivity contribution < 1.29 is 22.8 Å². The van der Waals surface area contributed by atoms with Crippen LogP contribution in [0, 0.1) is 17.5 Å². The van der Waals surface area contributed by atoms with Crippen LogP contribution >= 0.6 is 11.8 Å². The topological polar surface area (TPSA) is 102 Å². The van der Waals surface area contributed by atoms with E-state index in [1.165, 1.54) is 18.2 Å². The Morgan fingerprint density at radius 3 is 2.67 bits per heavy atom. The quantitative estimate of drug-likeness (QED) is 0.505. The number of carbonyl (C=O) groups is 2. The smallest absolute Gasteiger partial charge is 0.243 e. The summed E-state index contributed by atoms with van der Waals surface area (Å²) in [6, 6.07) is 1.81. The van der Waals surface area contributed by atoms with Crippen LogP contribution in [0.15, 0.2) is 17.3 Å². The number of hydrogen-bond donors (Lipinski definition) is 2. The van der Waals surface area contributed by atoms with Crippen molar-refractivity contribution in [2.45, 2.75) is 55.5 Å². The van der Waals surface area contributed by atoms with E-state index in [1.807, 2.05) is 0 Å². The summed E-state index contributed by atoms with van der Waals surface area (Å²) in [5.41, 5.74) is -0.512. The van der Waals surface area contributed by atoms with Crippen LogP contribution in [0.4, 0.5) is 18.9 Å². The Hall–Kier alpha value is -2.63. The molecule has 1 aromatic heterocycles. The number of carbonyl (C=O) groups excluding carboxylic acids is 2. The van der Waals surface area contributed by atoms with Crippen LogP contribution in [-0.4, -0.2) is 43.8 Å². The van der Waals surface area contributed by atoms with Crippen LogP contribution in [0.1, 0.15) is 45.1 Å². The van der Waals surface area contributed by atoms with Crippen molar-refractivity contribution in [2.24, 2.45) is 0 Å². The van der Waals surface area contributed by atoms with E-state index in [-0.39, 0.29) is 6.04 Å². The molecule has 1 unspecified atom stereocenters. The van der Waals surface area contributed by atoms with Gasteiger partial charge >= 0.3 is 0 Å². The number of hydrogen-bond acceptors (Lipinski definition) is 6. The summed E-state index contributed by atoms with van der Waals surface area (Å²) in [6.45, 7) is 1.18. The second-order valence-electron chi connectivity index (χ2n) is 6.95. The summed E-state index contributed by atoms with van der Waals surface area (Å²) in [6.07, 6.45) is 5.38. The summed E-state index contributed by atoms with van der Waals surface area (Å²) in [4.78, 5) is 24.2. The van der Waals surface area contributed by atoms with Crippen LogP contribution in [0.5, 0.6) is 0 Å². The first-order valence-electron chi connectivity index (χ1n) is 9.52. The van der Waals surface area contributed by atoms with Crippen molar-refractivity contribution in [1.29, 1.82) is 0 Å². The Morgan fingerprint density at radius 1 is 1.20 bits per heavy atom. The number of halogens is 3. The first-order chi connectivity index (χ1) is 14.4. The van der Waals surface area contributed by atoms with Gasteiger partial charge in [-0.3, -0.25) is 9.59 Å². The van der Waals surface area contributed by atoms with Crippen LogP contribution in [-0.2, 0) is 9.59 Å². The second-order valence-corrected chi connectivity index (χ2v) is 8.25. The number of tetrazole rings is 1. The van der Waals surface area contributed by atoms with Gasteiger partial charge in [0.1, 0.15) is 0 Å². The molecule has 0 radical (unpaired) electrons. The molecule has 0 spiro atoms. The predicted molar refractivity (Wildman–Crippen MR) is 103 cm³/mol. The highest BCUT2D eigenvalue weighted by Crippen LogP contribution is 2.31. The van der Waals surface area contributed by atoms with Gasteiger partial charge in [-0.15, -0.1) is 5.10 Å². The fourth-order valence-electron chi connectivity index (χ4n) is 3.16. The van der Waals surface area contributed by atoms with Gasteiger partial charge in [0.25, 0.3) is 0 Å². The van der Waals surface area contributed by atoms with Crippen LogP contribution in [0.3, 0.4) is 0 Å². The zero-order valence-electron chi connectivity index (χ0n) is 16.2. The molecule has 1 saturated carbocycles. The van der Waals surface area contributed by atoms with Gasteiger partial charge in [-0.25, -0.2) is 17.9 Å². The molecule has 2 aromatic rings. The molecule has 30 heavy (non-hydrogen) atoms. The zero-order valence-corrected chi connectivity index (χ0v) is 17.0. The predicted octanol–water partition coefficient (Wildman–Crippen LogP) is 2.83. The Bertz CT molecular complexity index is 919. The summed E-state index contributed by atoms with van der Waals surface area (Å²) >= 11 is 1.17. The Kier molecular flexibility index (Phi) is 7.29. The second kappa shape index (κ2) is 9.92. The van der Waals surface area contributed by atoms with E-state index in [9.17, 15) is 22.8 Å². The standard InChI is InChI=1S/C18H21F3N6O2S/c1-10(30-18-24-25-26-27(18)11-5-3-2-4-6-11)17(29)22-9-14(28)23-13-8-7-12(19)15(20)16(13)21/h7-8,10-11H,2-6,9H2,1H3,(H,22,29)(H,23,28). The van der Waals surface area contributed by atoms with Gasteiger partial charge in [-0.05, 0) is 42.3 Å². The lowest BCUT2D eigenvalue weighted by molar-refractivity contribution is -0.123. The monoisotopic (exact) mass is 442 g/mol. The molecule has 162 valence electrons. The zero-order chi connectivity index (χ0) is 21.7. The molecule has 2 amide bonds. The van der Waals surface area contributed by atoms with Gasteiger partial charge in [0.2, 0.25) is 17.0 Å². The van der Waals surface area contributed by atoms with Gasteiger partial charge in [0, 0.05) is 0 Å². The van der Waals surface area contributed by atoms with Crippen molar-refractivity contribution in [3.05, 3.63) is 29.6 Å². The maximum absolute atomic E-state index is 13.6. The molecule has 3 rings (SSSR count). The number of amides is 2. The lowest BCUT2D eigenvalue weighted by atomic mass is 9.96. The average Bonchev–Trinajstić information content (AvgIpc) is 3.21. The number of anilines is 1. The first kappa shape index (κ1) is 22.1. The molecule has 1 heterocycles. The maximum Gasteiger partial charge on any atom is 0.243 e. The molecule has 8 nitrogen and oxygen atoms in total. The Morgan fingerprint density at radius 2 is 1.93 bits per heavy atom. The van der Waals surface area contributed by atoms with E-state index in [0.29, 0.717) is 11.2 Å². The van der Waals surface area contributed by atoms with Crippen molar-refractivity contribution in [3.63, 3.8) is 0 Å². The number of rotatable bonds is 7. The average molecular weight is 442 g/mol. The van der Waals surface area contributed by atoms with E-state index in [1.54, 1.807) is 11.6 Å². The molecule has 1 aliphatic carbocycles. The Balaban J connectivity index is 1.51. The molecule has 0 aliphatic heterocycles. The third-order valence-electron chi connectivity index (χ3n) is 4.77. The minimum Gasteiger partial charge on any atom is -0.346 e. The fraction of sp³-hybridized carbons (Fsp3) is 0.500. The fourth-order valence-corrected chi connectivity index (χ4v) is 4.04. The maximum atomic E-state index is 13.6. The summed E-state index contributed by atoms with van der Waals surface area (Å²) in [5, 5.41) is 16.2. The van der Waals surface area contributed by atoms with Crippen molar-refractivity contribution in [2.75, 3.05) is 11.9 Å². The molecule has 12 heteroatoms. The number of aromatic nitrogens is 4. The molecular formula is C18H21F3N6O2S. The van der Waals surface area contributed by atoms with E-state index in [0.717, 1.165) is 31.7 Å². The highest BCUT2D eigenvalue weighted by atomic mass is 32.2. The van der Waals surface area contributed by atoms with Gasteiger partial charge < -0.3 is 10.6 Å². The van der Waals surface area contributed by atoms with Crippen LogP contribution in [0.25, 0.3) is 0 Å². The summed E-state index contributed by atoms with van der Waals surface area (Å²) in [5.74, 6) is -5.78. The molecule has 1 atom stereocenters. The largest absolute Gasteiger partial charge is 0.346 e. The van der Waals surface area contributed by atoms with Gasteiger partial charge in [-0.1, -0.05) is 31.0 Å². The lowest BCUT2D eigenvalue weighted by Crippen LogP contribution is -2.37.